The Bertz CT molecular complexity index is 450. The van der Waals surface area contributed by atoms with Gasteiger partial charge in [0.15, 0.2) is 0 Å². The normalized spacial score (nSPS) is 19.1. The summed E-state index contributed by atoms with van der Waals surface area (Å²) in [7, 11) is 0. The summed E-state index contributed by atoms with van der Waals surface area (Å²) in [6.07, 6.45) is 1.51. The number of benzene rings is 1. The number of ether oxygens (including phenoxy) is 1. The second-order valence-electron chi connectivity index (χ2n) is 5.14. The number of carbonyl (C=O) groups is 1. The van der Waals surface area contributed by atoms with Crippen LogP contribution in [0.1, 0.15) is 26.7 Å². The van der Waals surface area contributed by atoms with Gasteiger partial charge in [-0.3, -0.25) is 4.79 Å². The van der Waals surface area contributed by atoms with E-state index in [4.69, 9.17) is 10.5 Å². The molecule has 1 aliphatic heterocycles. The van der Waals surface area contributed by atoms with Gasteiger partial charge in [0.25, 0.3) is 0 Å². The molecule has 0 spiro atoms. The average molecular weight is 263 g/mol. The fourth-order valence-corrected chi connectivity index (χ4v) is 2.14. The van der Waals surface area contributed by atoms with E-state index >= 15 is 0 Å². The molecule has 1 atom stereocenters. The lowest BCUT2D eigenvalue weighted by atomic mass is 10.1. The molecule has 1 amide bonds. The average Bonchev–Trinajstić information content (AvgIpc) is 2.30. The molecule has 0 bridgehead atoms. The predicted octanol–water partition coefficient (Wildman–Crippen LogP) is 1.75. The zero-order valence-electron chi connectivity index (χ0n) is 11.4. The van der Waals surface area contributed by atoms with Gasteiger partial charge in [0, 0.05) is 42.5 Å². The Morgan fingerprint density at radius 1 is 1.42 bits per heavy atom. The van der Waals surface area contributed by atoms with Crippen molar-refractivity contribution in [2.24, 2.45) is 0 Å². The third kappa shape index (κ3) is 4.05. The minimum absolute atomic E-state index is 0.114. The number of hydrogen-bond acceptors (Lipinski definition) is 4. The predicted molar refractivity (Wildman–Crippen MR) is 76.3 cm³/mol. The Morgan fingerprint density at radius 3 is 2.84 bits per heavy atom. The highest BCUT2D eigenvalue weighted by Gasteiger charge is 2.17. The molecule has 0 aromatic heterocycles. The molecule has 19 heavy (non-hydrogen) atoms. The first-order chi connectivity index (χ1) is 9.02. The maximum Gasteiger partial charge on any atom is 0.220 e. The zero-order valence-corrected chi connectivity index (χ0v) is 11.4. The molecule has 0 radical (unpaired) electrons. The summed E-state index contributed by atoms with van der Waals surface area (Å²) in [5.74, 6) is 0.881. The number of nitrogens with one attached hydrogen (secondary N) is 2. The third-order valence-corrected chi connectivity index (χ3v) is 2.94. The van der Waals surface area contributed by atoms with E-state index in [0.717, 1.165) is 17.9 Å². The van der Waals surface area contributed by atoms with Crippen LogP contribution in [0.3, 0.4) is 0 Å². The zero-order chi connectivity index (χ0) is 13.8. The number of amides is 1. The number of piperidine rings is 1. The second-order valence-corrected chi connectivity index (χ2v) is 5.14. The van der Waals surface area contributed by atoms with Crippen LogP contribution < -0.4 is 21.1 Å². The molecule has 1 aromatic rings. The van der Waals surface area contributed by atoms with Crippen LogP contribution in [0, 0.1) is 0 Å². The summed E-state index contributed by atoms with van der Waals surface area (Å²) in [6, 6.07) is 5.87. The lowest BCUT2D eigenvalue weighted by Crippen LogP contribution is -2.41. The van der Waals surface area contributed by atoms with Gasteiger partial charge in [0.2, 0.25) is 5.91 Å². The first-order valence-corrected chi connectivity index (χ1v) is 6.63. The van der Waals surface area contributed by atoms with Gasteiger partial charge in [-0.15, -0.1) is 0 Å². The minimum atomic E-state index is 0.114. The van der Waals surface area contributed by atoms with E-state index in [0.29, 0.717) is 18.7 Å². The molecule has 1 fully saturated rings. The van der Waals surface area contributed by atoms with Crippen LogP contribution in [0.15, 0.2) is 18.2 Å². The molecule has 1 aromatic carbocycles. The molecule has 104 valence electrons. The van der Waals surface area contributed by atoms with Crippen molar-refractivity contribution in [3.05, 3.63) is 18.2 Å². The van der Waals surface area contributed by atoms with Crippen LogP contribution in [0.25, 0.3) is 0 Å². The van der Waals surface area contributed by atoms with Gasteiger partial charge in [0.05, 0.1) is 6.10 Å². The molecule has 2 rings (SSSR count). The van der Waals surface area contributed by atoms with Crippen LogP contribution in [0.2, 0.25) is 0 Å². The smallest absolute Gasteiger partial charge is 0.220 e. The summed E-state index contributed by atoms with van der Waals surface area (Å²) in [5.41, 5.74) is 7.47. The van der Waals surface area contributed by atoms with Gasteiger partial charge in [-0.05, 0) is 26.3 Å². The monoisotopic (exact) mass is 263 g/mol. The Morgan fingerprint density at radius 2 is 2.21 bits per heavy atom. The van der Waals surface area contributed by atoms with Gasteiger partial charge < -0.3 is 21.1 Å². The van der Waals surface area contributed by atoms with Crippen molar-refractivity contribution >= 4 is 17.3 Å². The van der Waals surface area contributed by atoms with Crippen molar-refractivity contribution in [2.45, 2.75) is 38.8 Å². The minimum Gasteiger partial charge on any atom is -0.491 e. The van der Waals surface area contributed by atoms with Crippen LogP contribution in [-0.4, -0.2) is 24.6 Å². The lowest BCUT2D eigenvalue weighted by molar-refractivity contribution is -0.122. The standard InChI is InChI=1S/C14H21N3O2/c1-9(2)19-13-6-10(15)5-12(7-13)17-11-3-4-14(18)16-8-11/h5-7,9,11,17H,3-4,8,15H2,1-2H3,(H,16,18). The van der Waals surface area contributed by atoms with E-state index in [2.05, 4.69) is 10.6 Å². The van der Waals surface area contributed by atoms with E-state index in [1.165, 1.54) is 0 Å². The van der Waals surface area contributed by atoms with Crippen LogP contribution in [0.4, 0.5) is 11.4 Å². The van der Waals surface area contributed by atoms with Crippen molar-refractivity contribution in [3.8, 4) is 5.75 Å². The Kier molecular flexibility index (Phi) is 4.14. The van der Waals surface area contributed by atoms with Gasteiger partial charge in [-0.25, -0.2) is 0 Å². The number of nitrogens with two attached hydrogens (primary N) is 1. The first kappa shape index (κ1) is 13.5. The molecule has 1 heterocycles. The summed E-state index contributed by atoms with van der Waals surface area (Å²) >= 11 is 0. The first-order valence-electron chi connectivity index (χ1n) is 6.63. The Labute approximate surface area is 113 Å². The topological polar surface area (TPSA) is 76.4 Å². The van der Waals surface area contributed by atoms with Gasteiger partial charge in [-0.2, -0.15) is 0 Å². The SMILES string of the molecule is CC(C)Oc1cc(N)cc(NC2CCC(=O)NC2)c1. The third-order valence-electron chi connectivity index (χ3n) is 2.94. The number of carbonyl (C=O) groups excluding carboxylic acids is 1. The summed E-state index contributed by atoms with van der Waals surface area (Å²) in [6.45, 7) is 4.61. The van der Waals surface area contributed by atoms with Crippen molar-refractivity contribution < 1.29 is 9.53 Å². The van der Waals surface area contributed by atoms with Gasteiger partial charge in [-0.1, -0.05) is 0 Å². The highest BCUT2D eigenvalue weighted by Crippen LogP contribution is 2.24. The van der Waals surface area contributed by atoms with Crippen LogP contribution in [0.5, 0.6) is 5.75 Å². The maximum atomic E-state index is 11.1. The van der Waals surface area contributed by atoms with E-state index in [1.54, 1.807) is 0 Å². The summed E-state index contributed by atoms with van der Waals surface area (Å²) < 4.78 is 5.65. The molecule has 0 aliphatic carbocycles. The lowest BCUT2D eigenvalue weighted by Gasteiger charge is -2.25. The number of rotatable bonds is 4. The molecule has 1 unspecified atom stereocenters. The molecule has 0 saturated carbocycles. The van der Waals surface area contributed by atoms with E-state index in [1.807, 2.05) is 32.0 Å². The highest BCUT2D eigenvalue weighted by atomic mass is 16.5. The van der Waals surface area contributed by atoms with Gasteiger partial charge in [0.1, 0.15) is 5.75 Å². The summed E-state index contributed by atoms with van der Waals surface area (Å²) in [5, 5.41) is 6.23. The van der Waals surface area contributed by atoms with Crippen LogP contribution >= 0.6 is 0 Å². The molecular formula is C14H21N3O2. The number of anilines is 2. The quantitative estimate of drug-likeness (QED) is 0.723. The van der Waals surface area contributed by atoms with Crippen molar-refractivity contribution in [2.75, 3.05) is 17.6 Å². The largest absolute Gasteiger partial charge is 0.491 e. The summed E-state index contributed by atoms with van der Waals surface area (Å²) in [4.78, 5) is 11.1. The molecule has 4 N–H and O–H groups in total. The van der Waals surface area contributed by atoms with Crippen molar-refractivity contribution in [1.82, 2.24) is 5.32 Å². The van der Waals surface area contributed by atoms with E-state index in [-0.39, 0.29) is 18.1 Å². The molecule has 1 aliphatic rings. The van der Waals surface area contributed by atoms with E-state index < -0.39 is 0 Å². The van der Waals surface area contributed by atoms with Crippen molar-refractivity contribution in [3.63, 3.8) is 0 Å². The van der Waals surface area contributed by atoms with E-state index in [9.17, 15) is 4.79 Å². The number of hydrogen-bond donors (Lipinski definition) is 3. The fourth-order valence-electron chi connectivity index (χ4n) is 2.14. The highest BCUT2D eigenvalue weighted by molar-refractivity contribution is 5.77. The second kappa shape index (κ2) is 5.82. The fraction of sp³-hybridized carbons (Fsp3) is 0.500. The van der Waals surface area contributed by atoms with Crippen LogP contribution in [-0.2, 0) is 4.79 Å². The molecule has 1 saturated heterocycles. The van der Waals surface area contributed by atoms with Crippen molar-refractivity contribution in [1.29, 1.82) is 0 Å². The molecular weight excluding hydrogens is 242 g/mol. The molecule has 5 nitrogen and oxygen atoms in total. The van der Waals surface area contributed by atoms with Gasteiger partial charge >= 0.3 is 0 Å². The maximum absolute atomic E-state index is 11.1. The molecule has 5 heteroatoms. The number of nitrogen functional groups attached to an aromatic ring is 1. The Hall–Kier alpha value is -1.91. The Balaban J connectivity index is 2.03.